The van der Waals surface area contributed by atoms with Crippen molar-refractivity contribution in [2.24, 2.45) is 0 Å². The quantitative estimate of drug-likeness (QED) is 0.191. The van der Waals surface area contributed by atoms with Gasteiger partial charge in [0.25, 0.3) is 0 Å². The minimum atomic E-state index is -3.21. The topological polar surface area (TPSA) is 58.9 Å². The number of rotatable bonds is 10. The number of carbonyl (C=O) groups excluding carboxylic acids is 2. The predicted molar refractivity (Wildman–Crippen MR) is 136 cm³/mol. The van der Waals surface area contributed by atoms with E-state index in [0.29, 0.717) is 6.61 Å². The lowest BCUT2D eigenvalue weighted by Crippen LogP contribution is -2.64. The van der Waals surface area contributed by atoms with Crippen LogP contribution in [-0.4, -0.2) is 62.5 Å². The minimum absolute atomic E-state index is 0.123. The monoisotopic (exact) mass is 484 g/mol. The average Bonchev–Trinajstić information content (AvgIpc) is 3.51. The molecule has 3 atom stereocenters. The van der Waals surface area contributed by atoms with Crippen LogP contribution in [0.15, 0.2) is 104 Å². The summed E-state index contributed by atoms with van der Waals surface area (Å²) in [7, 11) is -1.40. The fourth-order valence-corrected chi connectivity index (χ4v) is 7.97. The molecule has 0 radical (unpaired) electrons. The summed E-state index contributed by atoms with van der Waals surface area (Å²) < 4.78 is 13.3. The number of amides is 2. The highest BCUT2D eigenvalue weighted by Crippen LogP contribution is 2.40. The number of carbonyl (C=O) groups is 2. The second-order valence-corrected chi connectivity index (χ2v) is 11.8. The van der Waals surface area contributed by atoms with Gasteiger partial charge in [-0.05, 0) is 23.0 Å². The summed E-state index contributed by atoms with van der Waals surface area (Å²) >= 11 is 0. The Balaban J connectivity index is 1.54. The van der Waals surface area contributed by atoms with Gasteiger partial charge in [0, 0.05) is 0 Å². The van der Waals surface area contributed by atoms with Gasteiger partial charge < -0.3 is 8.85 Å². The van der Waals surface area contributed by atoms with Gasteiger partial charge in [0.15, 0.2) is 0 Å². The van der Waals surface area contributed by atoms with Crippen molar-refractivity contribution in [3.8, 4) is 0 Å². The molecular weight excluding hydrogens is 456 g/mol. The SMILES string of the molecule is C=CCO[Si](OCC(c1ccccc1)N1C(=O)C2C(C1=O)N2C)(c1ccccc1)c1ccccc1. The van der Waals surface area contributed by atoms with Crippen molar-refractivity contribution in [2.45, 2.75) is 18.1 Å². The Bertz CT molecular complexity index is 1140. The number of hydrogen-bond acceptors (Lipinski definition) is 5. The molecule has 3 unspecified atom stereocenters. The molecule has 178 valence electrons. The van der Waals surface area contributed by atoms with Crippen LogP contribution in [0, 0.1) is 0 Å². The number of piperazine rings is 1. The molecule has 0 saturated carbocycles. The lowest BCUT2D eigenvalue weighted by Gasteiger charge is -2.35. The van der Waals surface area contributed by atoms with Crippen molar-refractivity contribution in [2.75, 3.05) is 20.3 Å². The van der Waals surface area contributed by atoms with E-state index in [4.69, 9.17) is 8.85 Å². The molecule has 7 heteroatoms. The molecule has 0 aromatic heterocycles. The zero-order chi connectivity index (χ0) is 24.4. The van der Waals surface area contributed by atoms with Crippen LogP contribution in [0.5, 0.6) is 0 Å². The highest BCUT2D eigenvalue weighted by atomic mass is 28.4. The van der Waals surface area contributed by atoms with Gasteiger partial charge in [-0.15, -0.1) is 6.58 Å². The fraction of sp³-hybridized carbons (Fsp3) is 0.214. The molecule has 3 aromatic carbocycles. The number of imide groups is 1. The lowest BCUT2D eigenvalue weighted by atomic mass is 10.1. The molecule has 6 nitrogen and oxygen atoms in total. The first kappa shape index (κ1) is 23.4. The third-order valence-electron chi connectivity index (χ3n) is 6.72. The molecule has 5 rings (SSSR count). The van der Waals surface area contributed by atoms with E-state index in [-0.39, 0.29) is 30.5 Å². The Morgan fingerprint density at radius 2 is 1.31 bits per heavy atom. The van der Waals surface area contributed by atoms with E-state index >= 15 is 0 Å². The molecule has 2 fully saturated rings. The first-order chi connectivity index (χ1) is 17.1. The molecule has 2 heterocycles. The summed E-state index contributed by atoms with van der Waals surface area (Å²) in [5.41, 5.74) is 0.853. The van der Waals surface area contributed by atoms with Crippen LogP contribution in [0.2, 0.25) is 0 Å². The van der Waals surface area contributed by atoms with Gasteiger partial charge in [0.05, 0.1) is 19.3 Å². The zero-order valence-electron chi connectivity index (χ0n) is 19.6. The zero-order valence-corrected chi connectivity index (χ0v) is 20.6. The second-order valence-electron chi connectivity index (χ2n) is 8.79. The van der Waals surface area contributed by atoms with E-state index in [2.05, 4.69) is 6.58 Å². The first-order valence-corrected chi connectivity index (χ1v) is 13.5. The summed E-state index contributed by atoms with van der Waals surface area (Å²) in [6.07, 6.45) is 1.71. The Labute approximate surface area is 206 Å². The molecule has 35 heavy (non-hydrogen) atoms. The summed E-state index contributed by atoms with van der Waals surface area (Å²) in [6, 6.07) is 28.1. The van der Waals surface area contributed by atoms with Crippen molar-refractivity contribution in [1.82, 2.24) is 9.80 Å². The van der Waals surface area contributed by atoms with Gasteiger partial charge >= 0.3 is 8.56 Å². The maximum atomic E-state index is 13.2. The first-order valence-electron chi connectivity index (χ1n) is 11.7. The van der Waals surface area contributed by atoms with Crippen LogP contribution in [0.4, 0.5) is 0 Å². The van der Waals surface area contributed by atoms with Crippen LogP contribution in [0.25, 0.3) is 0 Å². The smallest absolute Gasteiger partial charge is 0.385 e. The van der Waals surface area contributed by atoms with Crippen molar-refractivity contribution in [1.29, 1.82) is 0 Å². The Morgan fingerprint density at radius 3 is 1.80 bits per heavy atom. The molecule has 0 aliphatic carbocycles. The highest BCUT2D eigenvalue weighted by molar-refractivity contribution is 6.92. The summed E-state index contributed by atoms with van der Waals surface area (Å²) in [5, 5.41) is 1.89. The molecule has 2 aliphatic heterocycles. The third-order valence-corrected chi connectivity index (χ3v) is 10.1. The van der Waals surface area contributed by atoms with E-state index in [1.165, 1.54) is 4.90 Å². The molecule has 2 amide bonds. The number of fused-ring (bicyclic) bond motifs is 1. The van der Waals surface area contributed by atoms with Crippen LogP contribution >= 0.6 is 0 Å². The van der Waals surface area contributed by atoms with Crippen LogP contribution in [0.1, 0.15) is 11.6 Å². The van der Waals surface area contributed by atoms with E-state index in [0.717, 1.165) is 15.9 Å². The minimum Gasteiger partial charge on any atom is -0.385 e. The van der Waals surface area contributed by atoms with Crippen LogP contribution in [0.3, 0.4) is 0 Å². The Morgan fingerprint density at radius 1 is 0.829 bits per heavy atom. The van der Waals surface area contributed by atoms with Crippen molar-refractivity contribution in [3.63, 3.8) is 0 Å². The molecule has 2 aliphatic rings. The second kappa shape index (κ2) is 9.71. The summed E-state index contributed by atoms with van der Waals surface area (Å²) in [4.78, 5) is 29.6. The largest absolute Gasteiger partial charge is 0.407 e. The van der Waals surface area contributed by atoms with Gasteiger partial charge in [-0.2, -0.15) is 0 Å². The Hall–Kier alpha value is -3.36. The van der Waals surface area contributed by atoms with Gasteiger partial charge in [-0.1, -0.05) is 97.1 Å². The van der Waals surface area contributed by atoms with E-state index in [1.54, 1.807) is 6.08 Å². The fourth-order valence-electron chi connectivity index (χ4n) is 4.88. The van der Waals surface area contributed by atoms with Crippen LogP contribution in [-0.2, 0) is 18.4 Å². The highest BCUT2D eigenvalue weighted by Gasteiger charge is 2.65. The van der Waals surface area contributed by atoms with E-state index in [9.17, 15) is 9.59 Å². The van der Waals surface area contributed by atoms with Gasteiger partial charge in [0.1, 0.15) is 12.1 Å². The van der Waals surface area contributed by atoms with Gasteiger partial charge in [-0.3, -0.25) is 19.4 Å². The number of benzene rings is 3. The van der Waals surface area contributed by atoms with E-state index < -0.39 is 14.6 Å². The van der Waals surface area contributed by atoms with Crippen molar-refractivity contribution in [3.05, 3.63) is 109 Å². The van der Waals surface area contributed by atoms with Crippen LogP contribution < -0.4 is 10.4 Å². The summed E-state index contributed by atoms with van der Waals surface area (Å²) in [6.45, 7) is 4.27. The maximum Gasteiger partial charge on any atom is 0.407 e. The molecule has 0 N–H and O–H groups in total. The summed E-state index contributed by atoms with van der Waals surface area (Å²) in [5.74, 6) is -0.336. The molecule has 0 bridgehead atoms. The predicted octanol–water partition coefficient (Wildman–Crippen LogP) is 2.25. The average molecular weight is 485 g/mol. The van der Waals surface area contributed by atoms with Crippen molar-refractivity contribution >= 4 is 30.7 Å². The molecule has 0 spiro atoms. The van der Waals surface area contributed by atoms with Gasteiger partial charge in [-0.25, -0.2) is 0 Å². The number of likely N-dealkylation sites (tertiary alicyclic amines) is 1. The van der Waals surface area contributed by atoms with E-state index in [1.807, 2.05) is 103 Å². The molecule has 3 aromatic rings. The third kappa shape index (κ3) is 4.17. The number of hydrogen-bond donors (Lipinski definition) is 0. The Kier molecular flexibility index (Phi) is 6.49. The standard InChI is InChI=1S/C28H28N2O4Si/c1-3-19-33-35(22-15-9-5-10-16-22,23-17-11-6-12-18-23)34-20-24(21-13-7-4-8-14-21)30-27(31)25-26(28(30)32)29(25)2/h3-18,24-26H,1,19-20H2,2H3. The van der Waals surface area contributed by atoms with Crippen molar-refractivity contribution < 1.29 is 18.4 Å². The normalized spacial score (nSPS) is 22.1. The van der Waals surface area contributed by atoms with Gasteiger partial charge in [0.2, 0.25) is 11.8 Å². The number of nitrogens with zero attached hydrogens (tertiary/aromatic N) is 2. The lowest BCUT2D eigenvalue weighted by molar-refractivity contribution is -0.146. The molecule has 2 saturated heterocycles. The number of likely N-dealkylation sites (N-methyl/N-ethyl adjacent to an activating group) is 1. The maximum absolute atomic E-state index is 13.2. The molecular formula is C28H28N2O4Si.